The smallest absolute Gasteiger partial charge is 0.139 e. The second-order valence-corrected chi connectivity index (χ2v) is 13.9. The molecule has 208 valence electrons. The van der Waals surface area contributed by atoms with Gasteiger partial charge in [-0.1, -0.05) is 152 Å². The molecule has 3 heteroatoms. The fraction of sp³-hybridized carbons (Fsp3) is 0.324. The van der Waals surface area contributed by atoms with Gasteiger partial charge in [-0.15, -0.1) is 0 Å². The third-order valence-electron chi connectivity index (χ3n) is 7.41. The van der Waals surface area contributed by atoms with Gasteiger partial charge in [0.05, 0.1) is 5.69 Å². The van der Waals surface area contributed by atoms with Crippen LogP contribution < -0.4 is 15.9 Å². The second-order valence-electron chi connectivity index (χ2n) is 11.8. The molecule has 0 aliphatic heterocycles. The van der Waals surface area contributed by atoms with Gasteiger partial charge in [0.25, 0.3) is 0 Å². The van der Waals surface area contributed by atoms with Gasteiger partial charge in [0.1, 0.15) is 5.58 Å². The number of hydrogen-bond acceptors (Lipinski definition) is 1. The van der Waals surface area contributed by atoms with E-state index in [2.05, 4.69) is 158 Å². The van der Waals surface area contributed by atoms with Crippen molar-refractivity contribution in [2.75, 3.05) is 5.32 Å². The van der Waals surface area contributed by atoms with Crippen molar-refractivity contribution in [2.24, 2.45) is 4.99 Å². The van der Waals surface area contributed by atoms with Gasteiger partial charge in [0.2, 0.25) is 0 Å². The minimum atomic E-state index is -0.949. The highest BCUT2D eigenvalue weighted by atomic mass is 31.1. The molecular formula is C37H45N2P. The number of rotatable bonds is 9. The highest BCUT2D eigenvalue weighted by molar-refractivity contribution is 7.88. The quantitative estimate of drug-likeness (QED) is 0.126. The van der Waals surface area contributed by atoms with E-state index in [-0.39, 0.29) is 0 Å². The Labute approximate surface area is 243 Å². The first kappa shape index (κ1) is 29.8. The van der Waals surface area contributed by atoms with Crippen LogP contribution in [-0.2, 0) is 0 Å². The van der Waals surface area contributed by atoms with Gasteiger partial charge in [-0.05, 0) is 56.5 Å². The minimum absolute atomic E-state index is 0.368. The zero-order valence-corrected chi connectivity index (χ0v) is 26.3. The van der Waals surface area contributed by atoms with Crippen LogP contribution in [0.15, 0.2) is 102 Å². The van der Waals surface area contributed by atoms with Crippen LogP contribution in [-0.4, -0.2) is 5.58 Å². The molecule has 0 heterocycles. The van der Waals surface area contributed by atoms with Crippen molar-refractivity contribution in [3.8, 4) is 0 Å². The fourth-order valence-electron chi connectivity index (χ4n) is 5.24. The molecular weight excluding hydrogens is 503 g/mol. The number of benzene rings is 4. The first-order valence-electron chi connectivity index (χ1n) is 14.7. The Balaban J connectivity index is 2.07. The molecule has 4 aromatic rings. The molecule has 0 unspecified atom stereocenters. The fourth-order valence-corrected chi connectivity index (χ4v) is 7.39. The maximum absolute atomic E-state index is 5.68. The number of para-hydroxylation sites is 2. The van der Waals surface area contributed by atoms with Gasteiger partial charge in [-0.2, -0.15) is 0 Å². The normalized spacial score (nSPS) is 12.3. The predicted molar refractivity (Wildman–Crippen MR) is 179 cm³/mol. The summed E-state index contributed by atoms with van der Waals surface area (Å²) in [5.41, 5.74) is 8.59. The number of anilines is 1. The van der Waals surface area contributed by atoms with Gasteiger partial charge in [0.15, 0.2) is 0 Å². The molecule has 0 aromatic heterocycles. The summed E-state index contributed by atoms with van der Waals surface area (Å²) in [6, 6.07) is 35.2. The maximum Gasteiger partial charge on any atom is 0.139 e. The van der Waals surface area contributed by atoms with Crippen LogP contribution in [0.2, 0.25) is 0 Å². The van der Waals surface area contributed by atoms with Crippen molar-refractivity contribution in [2.45, 2.75) is 79.1 Å². The summed E-state index contributed by atoms with van der Waals surface area (Å²) in [7, 11) is -0.949. The van der Waals surface area contributed by atoms with E-state index in [0.717, 1.165) is 11.3 Å². The molecule has 2 nitrogen and oxygen atoms in total. The average molecular weight is 549 g/mol. The first-order chi connectivity index (χ1) is 19.2. The monoisotopic (exact) mass is 548 g/mol. The molecule has 4 aromatic carbocycles. The van der Waals surface area contributed by atoms with Crippen LogP contribution in [0.3, 0.4) is 0 Å². The molecule has 0 radical (unpaired) electrons. The molecule has 0 amide bonds. The van der Waals surface area contributed by atoms with Gasteiger partial charge in [0, 0.05) is 13.6 Å². The van der Waals surface area contributed by atoms with E-state index in [9.17, 15) is 0 Å². The van der Waals surface area contributed by atoms with Gasteiger partial charge < -0.3 is 5.32 Å². The van der Waals surface area contributed by atoms with E-state index in [4.69, 9.17) is 4.99 Å². The minimum Gasteiger partial charge on any atom is -0.339 e. The Morgan fingerprint density at radius 2 is 0.875 bits per heavy atom. The van der Waals surface area contributed by atoms with Crippen LogP contribution in [0.25, 0.3) is 0 Å². The van der Waals surface area contributed by atoms with E-state index < -0.39 is 7.92 Å². The third kappa shape index (κ3) is 6.73. The first-order valence-corrected chi connectivity index (χ1v) is 16.0. The van der Waals surface area contributed by atoms with E-state index >= 15 is 0 Å². The van der Waals surface area contributed by atoms with Crippen molar-refractivity contribution in [1.82, 2.24) is 0 Å². The van der Waals surface area contributed by atoms with Crippen molar-refractivity contribution < 1.29 is 0 Å². The zero-order chi connectivity index (χ0) is 28.8. The predicted octanol–water partition coefficient (Wildman–Crippen LogP) is 10.4. The number of aliphatic imine (C=N–C) groups is 1. The lowest BCUT2D eigenvalue weighted by Gasteiger charge is -2.27. The lowest BCUT2D eigenvalue weighted by atomic mass is 9.92. The number of hydrogen-bond donors (Lipinski definition) is 1. The molecule has 0 bridgehead atoms. The Hall–Kier alpha value is -3.22. The summed E-state index contributed by atoms with van der Waals surface area (Å²) in [6.45, 7) is 18.2. The molecule has 0 atom stereocenters. The highest BCUT2D eigenvalue weighted by Crippen LogP contribution is 2.43. The summed E-state index contributed by atoms with van der Waals surface area (Å²) in [5.74, 6) is 1.51. The summed E-state index contributed by atoms with van der Waals surface area (Å²) < 4.78 is 0. The Morgan fingerprint density at radius 3 is 1.25 bits per heavy atom. The average Bonchev–Trinajstić information content (AvgIpc) is 2.94. The van der Waals surface area contributed by atoms with Gasteiger partial charge in [-0.3, -0.25) is 0 Å². The molecule has 0 spiro atoms. The molecule has 40 heavy (non-hydrogen) atoms. The van der Waals surface area contributed by atoms with E-state index in [1.54, 1.807) is 0 Å². The van der Waals surface area contributed by atoms with Crippen LogP contribution in [0.5, 0.6) is 0 Å². The van der Waals surface area contributed by atoms with E-state index in [1.165, 1.54) is 38.6 Å². The van der Waals surface area contributed by atoms with Crippen molar-refractivity contribution >= 4 is 35.5 Å². The van der Waals surface area contributed by atoms with E-state index in [0.29, 0.717) is 23.7 Å². The second kappa shape index (κ2) is 13.4. The van der Waals surface area contributed by atoms with Crippen LogP contribution in [0.1, 0.15) is 101 Å². The van der Waals surface area contributed by atoms with Crippen molar-refractivity contribution in [3.63, 3.8) is 0 Å². The number of nitrogens with one attached hydrogen (secondary N) is 1. The van der Waals surface area contributed by atoms with Crippen molar-refractivity contribution in [1.29, 1.82) is 0 Å². The SMILES string of the molecule is CC(C)c1cccc(C(C)C)c1N=C(Nc1c(C(C)C)cccc1C(C)C)P(c1ccccc1)c1ccccc1. The Morgan fingerprint density at radius 1 is 0.500 bits per heavy atom. The summed E-state index contributed by atoms with van der Waals surface area (Å²) in [5, 5.41) is 6.61. The Bertz CT molecular complexity index is 1330. The molecule has 0 aliphatic carbocycles. The Kier molecular flexibility index (Phi) is 9.99. The largest absolute Gasteiger partial charge is 0.339 e. The van der Waals surface area contributed by atoms with Crippen LogP contribution in [0.4, 0.5) is 11.4 Å². The summed E-state index contributed by atoms with van der Waals surface area (Å²) >= 11 is 0. The third-order valence-corrected chi connectivity index (χ3v) is 9.67. The van der Waals surface area contributed by atoms with E-state index in [1.807, 2.05) is 0 Å². The highest BCUT2D eigenvalue weighted by Gasteiger charge is 2.25. The molecule has 0 saturated heterocycles. The maximum atomic E-state index is 5.68. The van der Waals surface area contributed by atoms with Crippen LogP contribution >= 0.6 is 7.92 Å². The molecule has 0 fully saturated rings. The zero-order valence-electron chi connectivity index (χ0n) is 25.4. The van der Waals surface area contributed by atoms with Gasteiger partial charge in [-0.25, -0.2) is 4.99 Å². The van der Waals surface area contributed by atoms with Crippen LogP contribution in [0, 0.1) is 0 Å². The standard InChI is InChI=1S/C37H45N2P/c1-25(2)31-21-15-22-32(26(3)4)35(31)38-37(39-36-33(27(5)6)23-16-24-34(36)28(7)8)40(29-17-11-9-12-18-29)30-19-13-10-14-20-30/h9-28H,1-8H3,(H,38,39). The lowest BCUT2D eigenvalue weighted by molar-refractivity contribution is 0.834. The number of nitrogens with zero attached hydrogens (tertiary/aromatic N) is 1. The molecule has 0 saturated carbocycles. The van der Waals surface area contributed by atoms with Gasteiger partial charge >= 0.3 is 0 Å². The molecule has 0 aliphatic rings. The number of amidine groups is 1. The topological polar surface area (TPSA) is 24.4 Å². The van der Waals surface area contributed by atoms with Crippen molar-refractivity contribution in [3.05, 3.63) is 119 Å². The molecule has 1 N–H and O–H groups in total. The lowest BCUT2D eigenvalue weighted by Crippen LogP contribution is -2.25. The molecule has 4 rings (SSSR count). The summed E-state index contributed by atoms with van der Waals surface area (Å²) in [6.07, 6.45) is 0. The summed E-state index contributed by atoms with van der Waals surface area (Å²) in [4.78, 5) is 5.68.